The second-order valence-corrected chi connectivity index (χ2v) is 5.50. The molecule has 0 saturated carbocycles. The van der Waals surface area contributed by atoms with Crippen LogP contribution in [-0.2, 0) is 9.53 Å². The van der Waals surface area contributed by atoms with Crippen LogP contribution in [0.2, 0.25) is 0 Å². The van der Waals surface area contributed by atoms with Crippen LogP contribution in [0.15, 0.2) is 0 Å². The summed E-state index contributed by atoms with van der Waals surface area (Å²) in [5.74, 6) is 0.0470. The van der Waals surface area contributed by atoms with Gasteiger partial charge in [0.25, 0.3) is 0 Å². The van der Waals surface area contributed by atoms with Crippen LogP contribution in [0.3, 0.4) is 0 Å². The van der Waals surface area contributed by atoms with Gasteiger partial charge >= 0.3 is 0 Å². The van der Waals surface area contributed by atoms with E-state index >= 15 is 0 Å². The van der Waals surface area contributed by atoms with E-state index < -0.39 is 5.54 Å². The molecule has 4 nitrogen and oxygen atoms in total. The Bertz CT molecular complexity index is 262. The van der Waals surface area contributed by atoms with Gasteiger partial charge in [0.05, 0.1) is 17.7 Å². The van der Waals surface area contributed by atoms with Crippen LogP contribution in [0.1, 0.15) is 40.5 Å². The molecule has 94 valence electrons. The minimum atomic E-state index is -0.734. The number of amides is 1. The van der Waals surface area contributed by atoms with Gasteiger partial charge in [-0.15, -0.1) is 0 Å². The average Bonchev–Trinajstić information content (AvgIpc) is 2.15. The number of morpholine rings is 1. The lowest BCUT2D eigenvalue weighted by Gasteiger charge is -2.41. The molecular formula is C12H24N2O2. The van der Waals surface area contributed by atoms with Gasteiger partial charge in [-0.1, -0.05) is 13.3 Å². The Balaban J connectivity index is 2.67. The quantitative estimate of drug-likeness (QED) is 0.788. The Morgan fingerprint density at radius 1 is 1.56 bits per heavy atom. The van der Waals surface area contributed by atoms with Crippen LogP contribution in [0.5, 0.6) is 0 Å². The highest BCUT2D eigenvalue weighted by Crippen LogP contribution is 2.20. The predicted molar refractivity (Wildman–Crippen MR) is 64.1 cm³/mol. The Morgan fingerprint density at radius 3 is 2.69 bits per heavy atom. The second-order valence-electron chi connectivity index (χ2n) is 5.50. The minimum absolute atomic E-state index is 0.0470. The Morgan fingerprint density at radius 2 is 2.19 bits per heavy atom. The Labute approximate surface area is 98.1 Å². The van der Waals surface area contributed by atoms with E-state index in [2.05, 4.69) is 0 Å². The summed E-state index contributed by atoms with van der Waals surface area (Å²) in [6, 6.07) is 0. The summed E-state index contributed by atoms with van der Waals surface area (Å²) >= 11 is 0. The topological polar surface area (TPSA) is 55.6 Å². The zero-order valence-corrected chi connectivity index (χ0v) is 10.9. The fraction of sp³-hybridized carbons (Fsp3) is 0.917. The highest BCUT2D eigenvalue weighted by Gasteiger charge is 2.36. The third-order valence-electron chi connectivity index (χ3n) is 2.97. The van der Waals surface area contributed by atoms with Gasteiger partial charge in [0, 0.05) is 13.1 Å². The van der Waals surface area contributed by atoms with Crippen LogP contribution >= 0.6 is 0 Å². The summed E-state index contributed by atoms with van der Waals surface area (Å²) in [7, 11) is 0. The third-order valence-corrected chi connectivity index (χ3v) is 2.97. The fourth-order valence-corrected chi connectivity index (χ4v) is 2.18. The predicted octanol–water partition coefficient (Wildman–Crippen LogP) is 1.14. The highest BCUT2D eigenvalue weighted by molar-refractivity contribution is 5.85. The van der Waals surface area contributed by atoms with Crippen molar-refractivity contribution >= 4 is 5.91 Å². The largest absolute Gasteiger partial charge is 0.372 e. The smallest absolute Gasteiger partial charge is 0.242 e. The van der Waals surface area contributed by atoms with Crippen molar-refractivity contribution in [1.82, 2.24) is 4.90 Å². The second kappa shape index (κ2) is 4.72. The molecule has 2 N–H and O–H groups in total. The van der Waals surface area contributed by atoms with Crippen LogP contribution in [0.4, 0.5) is 0 Å². The van der Waals surface area contributed by atoms with E-state index in [0.717, 1.165) is 12.8 Å². The molecule has 1 rings (SSSR count). The van der Waals surface area contributed by atoms with Gasteiger partial charge in [0.2, 0.25) is 5.91 Å². The van der Waals surface area contributed by atoms with Gasteiger partial charge in [-0.3, -0.25) is 4.79 Å². The van der Waals surface area contributed by atoms with Gasteiger partial charge in [0.1, 0.15) is 0 Å². The van der Waals surface area contributed by atoms with E-state index in [4.69, 9.17) is 10.5 Å². The van der Waals surface area contributed by atoms with Gasteiger partial charge in [-0.2, -0.15) is 0 Å². The summed E-state index contributed by atoms with van der Waals surface area (Å²) in [5, 5.41) is 0. The van der Waals surface area contributed by atoms with Crippen LogP contribution in [0, 0.1) is 0 Å². The Hall–Kier alpha value is -0.610. The molecule has 1 atom stereocenters. The Kier molecular flexibility index (Phi) is 3.97. The molecule has 0 spiro atoms. The molecule has 1 fully saturated rings. The molecule has 1 amide bonds. The first-order valence-corrected chi connectivity index (χ1v) is 6.01. The minimum Gasteiger partial charge on any atom is -0.372 e. The molecule has 0 radical (unpaired) electrons. The molecule has 1 aliphatic heterocycles. The molecule has 4 heteroatoms. The molecule has 0 aliphatic carbocycles. The van der Waals surface area contributed by atoms with Crippen LogP contribution in [-0.4, -0.2) is 41.6 Å². The number of nitrogens with zero attached hydrogens (tertiary/aromatic N) is 1. The number of hydrogen-bond acceptors (Lipinski definition) is 3. The van der Waals surface area contributed by atoms with Gasteiger partial charge < -0.3 is 15.4 Å². The summed E-state index contributed by atoms with van der Waals surface area (Å²) in [6.07, 6.45) is 1.65. The lowest BCUT2D eigenvalue weighted by atomic mass is 9.94. The standard InChI is InChI=1S/C12H24N2O2/c1-5-6-12(4,13)10(15)14-7-8-16-11(2,3)9-14/h5-9,13H2,1-4H3. The lowest BCUT2D eigenvalue weighted by Crippen LogP contribution is -2.59. The number of hydrogen-bond donors (Lipinski definition) is 1. The zero-order valence-electron chi connectivity index (χ0n) is 10.9. The van der Waals surface area contributed by atoms with E-state index in [1.807, 2.05) is 32.6 Å². The first kappa shape index (κ1) is 13.5. The molecule has 0 aromatic carbocycles. The van der Waals surface area contributed by atoms with Crippen molar-refractivity contribution in [2.45, 2.75) is 51.7 Å². The van der Waals surface area contributed by atoms with Crippen molar-refractivity contribution in [2.75, 3.05) is 19.7 Å². The molecule has 0 aromatic heterocycles. The summed E-state index contributed by atoms with van der Waals surface area (Å²) in [6.45, 7) is 9.74. The number of ether oxygens (including phenoxy) is 1. The number of rotatable bonds is 3. The SMILES string of the molecule is CCCC(C)(N)C(=O)N1CCOC(C)(C)C1. The van der Waals surface area contributed by atoms with Gasteiger partial charge in [-0.25, -0.2) is 0 Å². The highest BCUT2D eigenvalue weighted by atomic mass is 16.5. The summed E-state index contributed by atoms with van der Waals surface area (Å²) < 4.78 is 5.58. The summed E-state index contributed by atoms with van der Waals surface area (Å²) in [4.78, 5) is 14.1. The molecule has 0 aromatic rings. The van der Waals surface area contributed by atoms with E-state index in [1.165, 1.54) is 0 Å². The number of carbonyl (C=O) groups excluding carboxylic acids is 1. The van der Waals surface area contributed by atoms with Crippen molar-refractivity contribution in [2.24, 2.45) is 5.73 Å². The monoisotopic (exact) mass is 228 g/mol. The number of carbonyl (C=O) groups is 1. The molecular weight excluding hydrogens is 204 g/mol. The average molecular weight is 228 g/mol. The van der Waals surface area contributed by atoms with Crippen LogP contribution < -0.4 is 5.73 Å². The maximum atomic E-state index is 12.2. The van der Waals surface area contributed by atoms with Crippen molar-refractivity contribution in [3.63, 3.8) is 0 Å². The van der Waals surface area contributed by atoms with Gasteiger partial charge in [-0.05, 0) is 27.2 Å². The third kappa shape index (κ3) is 3.19. The van der Waals surface area contributed by atoms with E-state index in [0.29, 0.717) is 19.7 Å². The number of nitrogens with two attached hydrogens (primary N) is 1. The normalized spacial score (nSPS) is 23.9. The molecule has 1 unspecified atom stereocenters. The summed E-state index contributed by atoms with van der Waals surface area (Å²) in [5.41, 5.74) is 5.07. The van der Waals surface area contributed by atoms with E-state index in [9.17, 15) is 4.79 Å². The molecule has 1 aliphatic rings. The first-order valence-electron chi connectivity index (χ1n) is 6.01. The van der Waals surface area contributed by atoms with Crippen molar-refractivity contribution in [3.8, 4) is 0 Å². The maximum absolute atomic E-state index is 12.2. The molecule has 0 bridgehead atoms. The van der Waals surface area contributed by atoms with Crippen molar-refractivity contribution < 1.29 is 9.53 Å². The fourth-order valence-electron chi connectivity index (χ4n) is 2.18. The molecule has 1 heterocycles. The van der Waals surface area contributed by atoms with Crippen molar-refractivity contribution in [1.29, 1.82) is 0 Å². The maximum Gasteiger partial charge on any atom is 0.242 e. The zero-order chi connectivity index (χ0) is 12.4. The first-order chi connectivity index (χ1) is 7.28. The van der Waals surface area contributed by atoms with E-state index in [-0.39, 0.29) is 11.5 Å². The molecule has 16 heavy (non-hydrogen) atoms. The lowest BCUT2D eigenvalue weighted by molar-refractivity contribution is -0.151. The van der Waals surface area contributed by atoms with E-state index in [1.54, 1.807) is 0 Å². The van der Waals surface area contributed by atoms with Crippen LogP contribution in [0.25, 0.3) is 0 Å². The molecule has 1 saturated heterocycles. The van der Waals surface area contributed by atoms with Gasteiger partial charge in [0.15, 0.2) is 0 Å². The van der Waals surface area contributed by atoms with Crippen molar-refractivity contribution in [3.05, 3.63) is 0 Å².